The Kier molecular flexibility index (Phi) is 5.66. The number of ether oxygens (including phenoxy) is 1. The Morgan fingerprint density at radius 1 is 1.24 bits per heavy atom. The molecule has 5 heteroatoms. The Morgan fingerprint density at radius 2 is 2.00 bits per heavy atom. The molecule has 2 aromatic carbocycles. The van der Waals surface area contributed by atoms with E-state index in [1.54, 1.807) is 24.3 Å². The highest BCUT2D eigenvalue weighted by molar-refractivity contribution is 5.97. The van der Waals surface area contributed by atoms with Crippen LogP contribution in [0.3, 0.4) is 0 Å². The number of likely N-dealkylation sites (tertiary alicyclic amines) is 1. The predicted molar refractivity (Wildman–Crippen MR) is 95.1 cm³/mol. The standard InChI is InChI=1S/C20H23FN2O2/c1-22-12-16-10-11-23(13-16)20(24)18-4-2-3-5-19(18)25-14-15-6-8-17(21)9-7-15/h2-9,16,22H,10-14H2,1H3. The van der Waals surface area contributed by atoms with Gasteiger partial charge < -0.3 is 15.0 Å². The fourth-order valence-electron chi connectivity index (χ4n) is 3.15. The van der Waals surface area contributed by atoms with Gasteiger partial charge in [0.2, 0.25) is 0 Å². The molecule has 1 unspecified atom stereocenters. The Labute approximate surface area is 147 Å². The molecule has 1 saturated heterocycles. The number of para-hydroxylation sites is 1. The number of carbonyl (C=O) groups excluding carboxylic acids is 1. The van der Waals surface area contributed by atoms with Crippen LogP contribution in [0.1, 0.15) is 22.3 Å². The molecule has 1 atom stereocenters. The van der Waals surface area contributed by atoms with Gasteiger partial charge in [-0.25, -0.2) is 4.39 Å². The lowest BCUT2D eigenvalue weighted by Crippen LogP contribution is -2.30. The molecular weight excluding hydrogens is 319 g/mol. The molecule has 0 aliphatic carbocycles. The smallest absolute Gasteiger partial charge is 0.257 e. The third-order valence-corrected chi connectivity index (χ3v) is 4.49. The zero-order chi connectivity index (χ0) is 17.6. The third kappa shape index (κ3) is 4.37. The Bertz CT molecular complexity index is 718. The summed E-state index contributed by atoms with van der Waals surface area (Å²) in [5.74, 6) is 0.799. The van der Waals surface area contributed by atoms with Crippen molar-refractivity contribution in [3.8, 4) is 5.75 Å². The van der Waals surface area contributed by atoms with Crippen molar-refractivity contribution in [1.82, 2.24) is 10.2 Å². The molecule has 1 aliphatic heterocycles. The van der Waals surface area contributed by atoms with Crippen molar-refractivity contribution < 1.29 is 13.9 Å². The van der Waals surface area contributed by atoms with Gasteiger partial charge in [0, 0.05) is 13.1 Å². The van der Waals surface area contributed by atoms with Gasteiger partial charge in [-0.2, -0.15) is 0 Å². The van der Waals surface area contributed by atoms with Crippen LogP contribution in [0, 0.1) is 11.7 Å². The van der Waals surface area contributed by atoms with E-state index < -0.39 is 0 Å². The van der Waals surface area contributed by atoms with Crippen molar-refractivity contribution in [1.29, 1.82) is 0 Å². The highest BCUT2D eigenvalue weighted by Gasteiger charge is 2.27. The molecule has 3 rings (SSSR count). The maximum absolute atomic E-state index is 13.0. The van der Waals surface area contributed by atoms with Crippen molar-refractivity contribution in [2.45, 2.75) is 13.0 Å². The molecular formula is C20H23FN2O2. The molecule has 0 saturated carbocycles. The number of nitrogens with one attached hydrogen (secondary N) is 1. The molecule has 0 aromatic heterocycles. The Hall–Kier alpha value is -2.40. The van der Waals surface area contributed by atoms with Crippen LogP contribution < -0.4 is 10.1 Å². The predicted octanol–water partition coefficient (Wildman–Crippen LogP) is 3.09. The summed E-state index contributed by atoms with van der Waals surface area (Å²) in [5, 5.41) is 3.17. The average molecular weight is 342 g/mol. The van der Waals surface area contributed by atoms with Crippen LogP contribution in [0.4, 0.5) is 4.39 Å². The lowest BCUT2D eigenvalue weighted by molar-refractivity contribution is 0.0782. The summed E-state index contributed by atoms with van der Waals surface area (Å²) in [5.41, 5.74) is 1.44. The van der Waals surface area contributed by atoms with E-state index in [2.05, 4.69) is 5.32 Å². The van der Waals surface area contributed by atoms with Crippen molar-refractivity contribution >= 4 is 5.91 Å². The van der Waals surface area contributed by atoms with Gasteiger partial charge in [-0.1, -0.05) is 24.3 Å². The van der Waals surface area contributed by atoms with Crippen LogP contribution in [0.2, 0.25) is 0 Å². The molecule has 1 amide bonds. The van der Waals surface area contributed by atoms with Crippen LogP contribution >= 0.6 is 0 Å². The summed E-state index contributed by atoms with van der Waals surface area (Å²) in [4.78, 5) is 14.7. The number of benzene rings is 2. The van der Waals surface area contributed by atoms with Crippen LogP contribution in [0.15, 0.2) is 48.5 Å². The van der Waals surface area contributed by atoms with Gasteiger partial charge in [-0.3, -0.25) is 4.79 Å². The highest BCUT2D eigenvalue weighted by atomic mass is 19.1. The molecule has 1 fully saturated rings. The number of amides is 1. The molecule has 1 aliphatic rings. The van der Waals surface area contributed by atoms with E-state index in [1.807, 2.05) is 24.1 Å². The quantitative estimate of drug-likeness (QED) is 0.877. The van der Waals surface area contributed by atoms with Crippen LogP contribution in [0.25, 0.3) is 0 Å². The second-order valence-electron chi connectivity index (χ2n) is 6.37. The molecule has 1 N–H and O–H groups in total. The van der Waals surface area contributed by atoms with Crippen molar-refractivity contribution in [3.05, 3.63) is 65.5 Å². The van der Waals surface area contributed by atoms with E-state index in [9.17, 15) is 9.18 Å². The first kappa shape index (κ1) is 17.4. The molecule has 2 aromatic rings. The first-order valence-electron chi connectivity index (χ1n) is 8.57. The lowest BCUT2D eigenvalue weighted by Gasteiger charge is -2.19. The molecule has 25 heavy (non-hydrogen) atoms. The number of carbonyl (C=O) groups is 1. The van der Waals surface area contributed by atoms with Gasteiger partial charge in [0.1, 0.15) is 18.2 Å². The van der Waals surface area contributed by atoms with Gasteiger partial charge in [-0.05, 0) is 55.8 Å². The van der Waals surface area contributed by atoms with E-state index in [-0.39, 0.29) is 11.7 Å². The number of rotatable bonds is 6. The first-order chi connectivity index (χ1) is 12.2. The largest absolute Gasteiger partial charge is 0.488 e. The van der Waals surface area contributed by atoms with Crippen LogP contribution in [-0.2, 0) is 6.61 Å². The SMILES string of the molecule is CNCC1CCN(C(=O)c2ccccc2OCc2ccc(F)cc2)C1. The second kappa shape index (κ2) is 8.12. The average Bonchev–Trinajstić information content (AvgIpc) is 3.10. The monoisotopic (exact) mass is 342 g/mol. The zero-order valence-corrected chi connectivity index (χ0v) is 14.4. The van der Waals surface area contributed by atoms with Crippen LogP contribution in [-0.4, -0.2) is 37.5 Å². The van der Waals surface area contributed by atoms with E-state index >= 15 is 0 Å². The number of hydrogen-bond acceptors (Lipinski definition) is 3. The second-order valence-corrected chi connectivity index (χ2v) is 6.37. The summed E-state index contributed by atoms with van der Waals surface area (Å²) < 4.78 is 18.8. The molecule has 0 spiro atoms. The van der Waals surface area contributed by atoms with E-state index in [1.165, 1.54) is 12.1 Å². The summed E-state index contributed by atoms with van der Waals surface area (Å²) in [6, 6.07) is 13.5. The minimum atomic E-state index is -0.274. The van der Waals surface area contributed by atoms with Gasteiger partial charge in [0.25, 0.3) is 5.91 Å². The molecule has 0 radical (unpaired) electrons. The minimum absolute atomic E-state index is 0.00769. The molecule has 0 bridgehead atoms. The van der Waals surface area contributed by atoms with Crippen molar-refractivity contribution in [2.75, 3.05) is 26.7 Å². The maximum atomic E-state index is 13.0. The fraction of sp³-hybridized carbons (Fsp3) is 0.350. The van der Waals surface area contributed by atoms with Gasteiger partial charge in [0.05, 0.1) is 5.56 Å². The van der Waals surface area contributed by atoms with E-state index in [0.29, 0.717) is 23.8 Å². The Balaban J connectivity index is 1.68. The van der Waals surface area contributed by atoms with Gasteiger partial charge in [0.15, 0.2) is 0 Å². The normalized spacial score (nSPS) is 16.9. The van der Waals surface area contributed by atoms with Crippen molar-refractivity contribution in [2.24, 2.45) is 5.92 Å². The summed E-state index contributed by atoms with van der Waals surface area (Å²) in [6.07, 6.45) is 1.02. The summed E-state index contributed by atoms with van der Waals surface area (Å²) >= 11 is 0. The fourth-order valence-corrected chi connectivity index (χ4v) is 3.15. The third-order valence-electron chi connectivity index (χ3n) is 4.49. The van der Waals surface area contributed by atoms with Crippen molar-refractivity contribution in [3.63, 3.8) is 0 Å². The van der Waals surface area contributed by atoms with Gasteiger partial charge in [-0.15, -0.1) is 0 Å². The first-order valence-corrected chi connectivity index (χ1v) is 8.57. The van der Waals surface area contributed by atoms with E-state index in [4.69, 9.17) is 4.74 Å². The maximum Gasteiger partial charge on any atom is 0.257 e. The highest BCUT2D eigenvalue weighted by Crippen LogP contribution is 2.24. The number of hydrogen-bond donors (Lipinski definition) is 1. The summed E-state index contributed by atoms with van der Waals surface area (Å²) in [7, 11) is 1.93. The van der Waals surface area contributed by atoms with Crippen LogP contribution in [0.5, 0.6) is 5.75 Å². The minimum Gasteiger partial charge on any atom is -0.488 e. The number of nitrogens with zero attached hydrogens (tertiary/aromatic N) is 1. The zero-order valence-electron chi connectivity index (χ0n) is 14.4. The number of halogens is 1. The van der Waals surface area contributed by atoms with Gasteiger partial charge >= 0.3 is 0 Å². The van der Waals surface area contributed by atoms with E-state index in [0.717, 1.165) is 31.6 Å². The Morgan fingerprint density at radius 3 is 2.76 bits per heavy atom. The topological polar surface area (TPSA) is 41.6 Å². The molecule has 1 heterocycles. The molecule has 4 nitrogen and oxygen atoms in total. The molecule has 132 valence electrons. The summed E-state index contributed by atoms with van der Waals surface area (Å²) in [6.45, 7) is 2.77. The lowest BCUT2D eigenvalue weighted by atomic mass is 10.1.